The van der Waals surface area contributed by atoms with E-state index in [0.717, 1.165) is 32.5 Å². The van der Waals surface area contributed by atoms with Crippen molar-refractivity contribution >= 4 is 0 Å². The summed E-state index contributed by atoms with van der Waals surface area (Å²) in [5.41, 5.74) is 2.69. The van der Waals surface area contributed by atoms with Crippen LogP contribution in [0.25, 0.3) is 0 Å². The Morgan fingerprint density at radius 3 is 2.71 bits per heavy atom. The first-order valence-electron chi connectivity index (χ1n) is 8.39. The van der Waals surface area contributed by atoms with Gasteiger partial charge < -0.3 is 10.4 Å². The van der Waals surface area contributed by atoms with Crippen molar-refractivity contribution in [2.75, 3.05) is 26.2 Å². The van der Waals surface area contributed by atoms with Crippen LogP contribution in [-0.4, -0.2) is 42.3 Å². The molecule has 0 bridgehead atoms. The number of rotatable bonds is 7. The van der Waals surface area contributed by atoms with Crippen molar-refractivity contribution < 1.29 is 5.11 Å². The standard InChI is InChI=1S/C18H30N2O/c1-3-19-18(16-9-7-15(2)8-10-16)11-13-20-12-5-4-6-17(20)14-21/h7-10,17-19,21H,3-6,11-14H2,1-2H3. The molecule has 3 nitrogen and oxygen atoms in total. The molecular weight excluding hydrogens is 260 g/mol. The Bertz CT molecular complexity index is 404. The van der Waals surface area contributed by atoms with Gasteiger partial charge in [-0.3, -0.25) is 4.90 Å². The molecular formula is C18H30N2O. The highest BCUT2D eigenvalue weighted by molar-refractivity contribution is 5.24. The number of nitrogens with one attached hydrogen (secondary N) is 1. The van der Waals surface area contributed by atoms with Gasteiger partial charge in [0, 0.05) is 18.6 Å². The second-order valence-electron chi connectivity index (χ2n) is 6.18. The number of aryl methyl sites for hydroxylation is 1. The molecule has 0 saturated carbocycles. The van der Waals surface area contributed by atoms with Crippen molar-refractivity contribution in [2.45, 2.75) is 51.6 Å². The highest BCUT2D eigenvalue weighted by Crippen LogP contribution is 2.21. The van der Waals surface area contributed by atoms with Crippen LogP contribution in [0.2, 0.25) is 0 Å². The molecule has 1 saturated heterocycles. The minimum atomic E-state index is 0.302. The minimum Gasteiger partial charge on any atom is -0.395 e. The SMILES string of the molecule is CCNC(CCN1CCCCC1CO)c1ccc(C)cc1. The van der Waals surface area contributed by atoms with Crippen molar-refractivity contribution in [2.24, 2.45) is 0 Å². The summed E-state index contributed by atoms with van der Waals surface area (Å²) in [5, 5.41) is 13.1. The van der Waals surface area contributed by atoms with E-state index in [4.69, 9.17) is 0 Å². The number of piperidine rings is 1. The molecule has 21 heavy (non-hydrogen) atoms. The fourth-order valence-corrected chi connectivity index (χ4v) is 3.29. The van der Waals surface area contributed by atoms with Crippen LogP contribution in [0.4, 0.5) is 0 Å². The van der Waals surface area contributed by atoms with Crippen molar-refractivity contribution in [1.29, 1.82) is 0 Å². The molecule has 0 amide bonds. The van der Waals surface area contributed by atoms with Crippen LogP contribution in [0, 0.1) is 6.92 Å². The van der Waals surface area contributed by atoms with Crippen molar-refractivity contribution in [3.63, 3.8) is 0 Å². The zero-order chi connectivity index (χ0) is 15.1. The quantitative estimate of drug-likeness (QED) is 0.810. The van der Waals surface area contributed by atoms with Gasteiger partial charge in [0.2, 0.25) is 0 Å². The van der Waals surface area contributed by atoms with Crippen LogP contribution >= 0.6 is 0 Å². The second kappa shape index (κ2) is 8.52. The monoisotopic (exact) mass is 290 g/mol. The van der Waals surface area contributed by atoms with Gasteiger partial charge in [0.15, 0.2) is 0 Å². The topological polar surface area (TPSA) is 35.5 Å². The summed E-state index contributed by atoms with van der Waals surface area (Å²) >= 11 is 0. The van der Waals surface area contributed by atoms with Crippen LogP contribution in [0.3, 0.4) is 0 Å². The van der Waals surface area contributed by atoms with E-state index in [2.05, 4.69) is 48.3 Å². The Morgan fingerprint density at radius 2 is 2.05 bits per heavy atom. The molecule has 0 radical (unpaired) electrons. The van der Waals surface area contributed by atoms with Crippen molar-refractivity contribution in [3.05, 3.63) is 35.4 Å². The van der Waals surface area contributed by atoms with Gasteiger partial charge >= 0.3 is 0 Å². The van der Waals surface area contributed by atoms with E-state index < -0.39 is 0 Å². The number of aliphatic hydroxyl groups is 1. The third kappa shape index (κ3) is 4.80. The number of likely N-dealkylation sites (tertiary alicyclic amines) is 1. The molecule has 2 rings (SSSR count). The number of hydrogen-bond donors (Lipinski definition) is 2. The molecule has 0 aromatic heterocycles. The maximum atomic E-state index is 9.52. The predicted molar refractivity (Wildman–Crippen MR) is 88.5 cm³/mol. The van der Waals surface area contributed by atoms with Gasteiger partial charge in [0.25, 0.3) is 0 Å². The van der Waals surface area contributed by atoms with Crippen LogP contribution in [0.1, 0.15) is 49.8 Å². The van der Waals surface area contributed by atoms with E-state index in [0.29, 0.717) is 18.7 Å². The first-order chi connectivity index (χ1) is 10.2. The molecule has 118 valence electrons. The first kappa shape index (κ1) is 16.5. The van der Waals surface area contributed by atoms with Crippen LogP contribution in [-0.2, 0) is 0 Å². The molecule has 1 aliphatic heterocycles. The summed E-state index contributed by atoms with van der Waals surface area (Å²) in [6.07, 6.45) is 4.78. The lowest BCUT2D eigenvalue weighted by Crippen LogP contribution is -2.43. The number of aliphatic hydroxyl groups excluding tert-OH is 1. The molecule has 2 N–H and O–H groups in total. The summed E-state index contributed by atoms with van der Waals surface area (Å²) in [6.45, 7) is 7.79. The van der Waals surface area contributed by atoms with Crippen LogP contribution in [0.15, 0.2) is 24.3 Å². The van der Waals surface area contributed by atoms with E-state index in [1.54, 1.807) is 0 Å². The summed E-state index contributed by atoms with van der Waals surface area (Å²) < 4.78 is 0. The zero-order valence-electron chi connectivity index (χ0n) is 13.5. The molecule has 2 atom stereocenters. The fourth-order valence-electron chi connectivity index (χ4n) is 3.29. The largest absolute Gasteiger partial charge is 0.395 e. The Morgan fingerprint density at radius 1 is 1.29 bits per heavy atom. The molecule has 1 aromatic carbocycles. The van der Waals surface area contributed by atoms with Crippen molar-refractivity contribution in [3.8, 4) is 0 Å². The highest BCUT2D eigenvalue weighted by Gasteiger charge is 2.22. The molecule has 1 fully saturated rings. The smallest absolute Gasteiger partial charge is 0.0586 e. The Labute approximate surface area is 129 Å². The molecule has 2 unspecified atom stereocenters. The maximum Gasteiger partial charge on any atom is 0.0586 e. The molecule has 1 heterocycles. The minimum absolute atomic E-state index is 0.302. The zero-order valence-corrected chi connectivity index (χ0v) is 13.5. The summed E-state index contributed by atoms with van der Waals surface area (Å²) in [6, 6.07) is 9.65. The van der Waals surface area contributed by atoms with Gasteiger partial charge in [-0.1, -0.05) is 43.2 Å². The van der Waals surface area contributed by atoms with E-state index in [-0.39, 0.29) is 0 Å². The van der Waals surface area contributed by atoms with Gasteiger partial charge in [0.1, 0.15) is 0 Å². The second-order valence-corrected chi connectivity index (χ2v) is 6.18. The van der Waals surface area contributed by atoms with Gasteiger partial charge in [-0.05, 0) is 44.8 Å². The van der Waals surface area contributed by atoms with E-state index in [1.165, 1.54) is 24.0 Å². The predicted octanol–water partition coefficient (Wildman–Crippen LogP) is 2.88. The Kier molecular flexibility index (Phi) is 6.68. The highest BCUT2D eigenvalue weighted by atomic mass is 16.3. The molecule has 0 spiro atoms. The first-order valence-corrected chi connectivity index (χ1v) is 8.39. The Balaban J connectivity index is 1.94. The maximum absolute atomic E-state index is 9.52. The lowest BCUT2D eigenvalue weighted by atomic mass is 9.99. The summed E-state index contributed by atoms with van der Waals surface area (Å²) in [5.74, 6) is 0. The lowest BCUT2D eigenvalue weighted by Gasteiger charge is -2.35. The number of benzene rings is 1. The van der Waals surface area contributed by atoms with Gasteiger partial charge in [-0.2, -0.15) is 0 Å². The third-order valence-electron chi connectivity index (χ3n) is 4.60. The lowest BCUT2D eigenvalue weighted by molar-refractivity contribution is 0.0865. The average Bonchev–Trinajstić information content (AvgIpc) is 2.52. The molecule has 3 heteroatoms. The molecule has 1 aliphatic rings. The van der Waals surface area contributed by atoms with E-state index in [1.807, 2.05) is 0 Å². The van der Waals surface area contributed by atoms with Gasteiger partial charge in [-0.15, -0.1) is 0 Å². The van der Waals surface area contributed by atoms with Gasteiger partial charge in [-0.25, -0.2) is 0 Å². The summed E-state index contributed by atoms with van der Waals surface area (Å²) in [7, 11) is 0. The Hall–Kier alpha value is -0.900. The van der Waals surface area contributed by atoms with E-state index >= 15 is 0 Å². The molecule has 0 aliphatic carbocycles. The van der Waals surface area contributed by atoms with Crippen LogP contribution < -0.4 is 5.32 Å². The average molecular weight is 290 g/mol. The number of hydrogen-bond acceptors (Lipinski definition) is 3. The third-order valence-corrected chi connectivity index (χ3v) is 4.60. The normalized spacial score (nSPS) is 21.4. The van der Waals surface area contributed by atoms with Crippen molar-refractivity contribution in [1.82, 2.24) is 10.2 Å². The summed E-state index contributed by atoms with van der Waals surface area (Å²) in [4.78, 5) is 2.47. The molecule has 1 aromatic rings. The van der Waals surface area contributed by atoms with Gasteiger partial charge in [0.05, 0.1) is 6.61 Å². The van der Waals surface area contributed by atoms with Crippen LogP contribution in [0.5, 0.6) is 0 Å². The van der Waals surface area contributed by atoms with E-state index in [9.17, 15) is 5.11 Å². The fraction of sp³-hybridized carbons (Fsp3) is 0.667. The number of nitrogens with zero attached hydrogens (tertiary/aromatic N) is 1.